The number of H-pyrrole nitrogens is 1. The van der Waals surface area contributed by atoms with Gasteiger partial charge in [-0.2, -0.15) is 0 Å². The average molecular weight is 271 g/mol. The molecule has 100 valence electrons. The highest BCUT2D eigenvalue weighted by atomic mass is 32.2. The van der Waals surface area contributed by atoms with Gasteiger partial charge in [-0.3, -0.25) is 4.79 Å². The molecule has 1 aromatic rings. The molecule has 1 fully saturated rings. The van der Waals surface area contributed by atoms with Crippen LogP contribution in [0.5, 0.6) is 0 Å². The fourth-order valence-electron chi connectivity index (χ4n) is 2.15. The van der Waals surface area contributed by atoms with Crippen molar-refractivity contribution in [3.05, 3.63) is 18.0 Å². The van der Waals surface area contributed by atoms with Gasteiger partial charge in [0, 0.05) is 11.7 Å². The topological polar surface area (TPSA) is 105 Å². The molecule has 1 aliphatic carbocycles. The smallest absolute Gasteiger partial charge is 0.268 e. The van der Waals surface area contributed by atoms with Crippen molar-refractivity contribution in [2.24, 2.45) is 5.14 Å². The minimum atomic E-state index is -3.77. The van der Waals surface area contributed by atoms with Crippen LogP contribution in [-0.4, -0.2) is 24.8 Å². The Morgan fingerprint density at radius 2 is 2.22 bits per heavy atom. The molecule has 1 aliphatic rings. The lowest BCUT2D eigenvalue weighted by Crippen LogP contribution is -2.53. The van der Waals surface area contributed by atoms with Crippen LogP contribution in [0.1, 0.15) is 43.1 Å². The lowest BCUT2D eigenvalue weighted by atomic mass is 9.75. The second-order valence-electron chi connectivity index (χ2n) is 4.74. The first-order chi connectivity index (χ1) is 8.36. The first-order valence-electron chi connectivity index (χ1n) is 5.90. The fraction of sp³-hybridized carbons (Fsp3) is 0.545. The maximum absolute atomic E-state index is 12.0. The minimum absolute atomic E-state index is 0.0770. The molecule has 4 N–H and O–H groups in total. The van der Waals surface area contributed by atoms with E-state index in [0.29, 0.717) is 0 Å². The highest BCUT2D eigenvalue weighted by Crippen LogP contribution is 2.34. The van der Waals surface area contributed by atoms with Crippen molar-refractivity contribution in [2.75, 3.05) is 0 Å². The number of hydrogen-bond donors (Lipinski definition) is 3. The molecule has 0 radical (unpaired) electrons. The number of aromatic nitrogens is 1. The molecule has 6 nitrogen and oxygen atoms in total. The standard InChI is InChI=1S/C11H17N3O3S/c1-2-11(4-3-5-11)14-10(15)9-6-8(7-13-9)18(12,16)17/h6-7,13H,2-5H2,1H3,(H,14,15)(H2,12,16,17). The van der Waals surface area contributed by atoms with Gasteiger partial charge in [-0.25, -0.2) is 13.6 Å². The number of rotatable bonds is 4. The van der Waals surface area contributed by atoms with E-state index in [1.54, 1.807) is 0 Å². The maximum Gasteiger partial charge on any atom is 0.268 e. The van der Waals surface area contributed by atoms with Crippen molar-refractivity contribution in [1.82, 2.24) is 10.3 Å². The van der Waals surface area contributed by atoms with Crippen LogP contribution in [0, 0.1) is 0 Å². The van der Waals surface area contributed by atoms with Crippen molar-refractivity contribution < 1.29 is 13.2 Å². The Kier molecular flexibility index (Phi) is 3.20. The van der Waals surface area contributed by atoms with E-state index in [1.165, 1.54) is 12.3 Å². The van der Waals surface area contributed by atoms with Crippen molar-refractivity contribution in [1.29, 1.82) is 0 Å². The lowest BCUT2D eigenvalue weighted by Gasteiger charge is -2.41. The third kappa shape index (κ3) is 2.41. The molecule has 0 aromatic carbocycles. The van der Waals surface area contributed by atoms with E-state index in [9.17, 15) is 13.2 Å². The third-order valence-electron chi connectivity index (χ3n) is 3.60. The molecule has 18 heavy (non-hydrogen) atoms. The second-order valence-corrected chi connectivity index (χ2v) is 6.30. The van der Waals surface area contributed by atoms with Crippen LogP contribution in [0.2, 0.25) is 0 Å². The number of carbonyl (C=O) groups is 1. The fourth-order valence-corrected chi connectivity index (χ4v) is 2.65. The zero-order chi connectivity index (χ0) is 13.4. The monoisotopic (exact) mass is 271 g/mol. The molecule has 0 spiro atoms. The summed E-state index contributed by atoms with van der Waals surface area (Å²) in [7, 11) is -3.77. The van der Waals surface area contributed by atoms with Crippen molar-refractivity contribution in [3.63, 3.8) is 0 Å². The van der Waals surface area contributed by atoms with Gasteiger partial charge in [0.25, 0.3) is 5.91 Å². The van der Waals surface area contributed by atoms with Crippen LogP contribution < -0.4 is 10.5 Å². The molecular weight excluding hydrogens is 254 g/mol. The SMILES string of the molecule is CCC1(NC(=O)c2cc(S(N)(=O)=O)c[nH]2)CCC1. The van der Waals surface area contributed by atoms with Gasteiger partial charge in [0.2, 0.25) is 10.0 Å². The predicted molar refractivity (Wildman–Crippen MR) is 66.5 cm³/mol. The maximum atomic E-state index is 12.0. The van der Waals surface area contributed by atoms with E-state index < -0.39 is 10.0 Å². The molecule has 1 amide bonds. The zero-order valence-corrected chi connectivity index (χ0v) is 11.0. The average Bonchev–Trinajstić information content (AvgIpc) is 2.71. The molecule has 7 heteroatoms. The summed E-state index contributed by atoms with van der Waals surface area (Å²) in [5.41, 5.74) is 0.1000. The first-order valence-corrected chi connectivity index (χ1v) is 7.45. The molecule has 0 bridgehead atoms. The highest BCUT2D eigenvalue weighted by molar-refractivity contribution is 7.89. The molecule has 1 heterocycles. The number of aromatic amines is 1. The van der Waals surface area contributed by atoms with Gasteiger partial charge >= 0.3 is 0 Å². The van der Waals surface area contributed by atoms with Crippen molar-refractivity contribution in [3.8, 4) is 0 Å². The van der Waals surface area contributed by atoms with Crippen molar-refractivity contribution in [2.45, 2.75) is 43.0 Å². The summed E-state index contributed by atoms with van der Waals surface area (Å²) in [6.45, 7) is 2.03. The molecule has 0 unspecified atom stereocenters. The Hall–Kier alpha value is -1.34. The molecular formula is C11H17N3O3S. The van der Waals surface area contributed by atoms with Gasteiger partial charge in [-0.05, 0) is 31.7 Å². The molecule has 1 aromatic heterocycles. The van der Waals surface area contributed by atoms with Crippen LogP contribution in [0.4, 0.5) is 0 Å². The van der Waals surface area contributed by atoms with Crippen LogP contribution in [0.15, 0.2) is 17.2 Å². The number of amides is 1. The van der Waals surface area contributed by atoms with Gasteiger partial charge < -0.3 is 10.3 Å². The number of nitrogens with two attached hydrogens (primary N) is 1. The van der Waals surface area contributed by atoms with Gasteiger partial charge in [0.05, 0.1) is 4.90 Å². The summed E-state index contributed by atoms with van der Waals surface area (Å²) in [5.74, 6) is -0.286. The minimum Gasteiger partial charge on any atom is -0.356 e. The number of carbonyl (C=O) groups excluding carboxylic acids is 1. The third-order valence-corrected chi connectivity index (χ3v) is 4.49. The number of primary sulfonamides is 1. The normalized spacial score (nSPS) is 18.1. The highest BCUT2D eigenvalue weighted by Gasteiger charge is 2.36. The molecule has 0 saturated heterocycles. The predicted octanol–water partition coefficient (Wildman–Crippen LogP) is 0.725. The van der Waals surface area contributed by atoms with Gasteiger partial charge in [0.1, 0.15) is 5.69 Å². The van der Waals surface area contributed by atoms with Gasteiger partial charge in [-0.15, -0.1) is 0 Å². The van der Waals surface area contributed by atoms with E-state index in [1.807, 2.05) is 6.92 Å². The molecule has 1 saturated carbocycles. The number of hydrogen-bond acceptors (Lipinski definition) is 3. The van der Waals surface area contributed by atoms with Crippen LogP contribution in [0.25, 0.3) is 0 Å². The molecule has 2 rings (SSSR count). The number of nitrogens with one attached hydrogen (secondary N) is 2. The lowest BCUT2D eigenvalue weighted by molar-refractivity contribution is 0.0816. The molecule has 0 atom stereocenters. The summed E-state index contributed by atoms with van der Waals surface area (Å²) >= 11 is 0. The Morgan fingerprint density at radius 1 is 1.56 bits per heavy atom. The first kappa shape index (κ1) is 13.1. The summed E-state index contributed by atoms with van der Waals surface area (Å²) in [4.78, 5) is 14.5. The van der Waals surface area contributed by atoms with E-state index in [2.05, 4.69) is 10.3 Å². The van der Waals surface area contributed by atoms with E-state index in [0.717, 1.165) is 25.7 Å². The largest absolute Gasteiger partial charge is 0.356 e. The second kappa shape index (κ2) is 4.40. The Bertz CT molecular complexity index is 552. The quantitative estimate of drug-likeness (QED) is 0.751. The number of sulfonamides is 1. The summed E-state index contributed by atoms with van der Waals surface area (Å²) in [5, 5.41) is 7.94. The van der Waals surface area contributed by atoms with Gasteiger partial charge in [0.15, 0.2) is 0 Å². The van der Waals surface area contributed by atoms with Gasteiger partial charge in [-0.1, -0.05) is 6.92 Å². The van der Waals surface area contributed by atoms with E-state index >= 15 is 0 Å². The van der Waals surface area contributed by atoms with Crippen LogP contribution in [0.3, 0.4) is 0 Å². The molecule has 0 aliphatic heterocycles. The Balaban J connectivity index is 2.12. The summed E-state index contributed by atoms with van der Waals surface area (Å²) < 4.78 is 22.2. The van der Waals surface area contributed by atoms with Crippen LogP contribution >= 0.6 is 0 Å². The summed E-state index contributed by atoms with van der Waals surface area (Å²) in [6.07, 6.45) is 5.16. The van der Waals surface area contributed by atoms with Crippen LogP contribution in [-0.2, 0) is 10.0 Å². The van der Waals surface area contributed by atoms with E-state index in [4.69, 9.17) is 5.14 Å². The Labute approximate surface area is 106 Å². The van der Waals surface area contributed by atoms with E-state index in [-0.39, 0.29) is 22.0 Å². The van der Waals surface area contributed by atoms with Crippen molar-refractivity contribution >= 4 is 15.9 Å². The Morgan fingerprint density at radius 3 is 2.61 bits per heavy atom. The zero-order valence-electron chi connectivity index (χ0n) is 10.2. The summed E-state index contributed by atoms with van der Waals surface area (Å²) in [6, 6.07) is 1.26.